The summed E-state index contributed by atoms with van der Waals surface area (Å²) in [5, 5.41) is 0.681. The molecule has 1 aromatic carbocycles. The first-order chi connectivity index (χ1) is 8.66. The van der Waals surface area contributed by atoms with Crippen molar-refractivity contribution in [2.45, 2.75) is 26.4 Å². The van der Waals surface area contributed by atoms with Crippen LogP contribution in [0.2, 0.25) is 5.02 Å². The number of hydrogen-bond acceptors (Lipinski definition) is 2. The van der Waals surface area contributed by atoms with E-state index in [0.717, 1.165) is 11.4 Å². The highest BCUT2D eigenvalue weighted by atomic mass is 35.5. The van der Waals surface area contributed by atoms with Crippen molar-refractivity contribution < 1.29 is 4.74 Å². The molecular weight excluding hydrogens is 246 g/mol. The third-order valence-corrected chi connectivity index (χ3v) is 2.93. The Morgan fingerprint density at radius 1 is 1.22 bits per heavy atom. The summed E-state index contributed by atoms with van der Waals surface area (Å²) in [6, 6.07) is 11.7. The van der Waals surface area contributed by atoms with Crippen LogP contribution in [0.25, 0.3) is 0 Å². The van der Waals surface area contributed by atoms with Crippen molar-refractivity contribution in [3.63, 3.8) is 0 Å². The van der Waals surface area contributed by atoms with Crippen molar-refractivity contribution in [2.75, 3.05) is 0 Å². The first-order valence-corrected chi connectivity index (χ1v) is 6.37. The molecule has 0 spiro atoms. The standard InChI is InChI=1S/C15H16ClNO/c1-11(2)14-5-3-4-6-15(14)18-10-13-9-12(16)7-8-17-13/h3-9,11H,10H2,1-2H3. The molecule has 2 nitrogen and oxygen atoms in total. The van der Waals surface area contributed by atoms with Crippen LogP contribution in [0.15, 0.2) is 42.6 Å². The molecule has 0 amide bonds. The molecule has 3 heteroatoms. The number of aromatic nitrogens is 1. The predicted octanol–water partition coefficient (Wildman–Crippen LogP) is 4.44. The number of pyridine rings is 1. The fourth-order valence-corrected chi connectivity index (χ4v) is 1.95. The van der Waals surface area contributed by atoms with Crippen molar-refractivity contribution in [1.29, 1.82) is 0 Å². The number of nitrogens with zero attached hydrogens (tertiary/aromatic N) is 1. The van der Waals surface area contributed by atoms with Gasteiger partial charge in [-0.05, 0) is 29.7 Å². The largest absolute Gasteiger partial charge is 0.487 e. The van der Waals surface area contributed by atoms with Crippen LogP contribution in [-0.4, -0.2) is 4.98 Å². The Hall–Kier alpha value is -1.54. The minimum Gasteiger partial charge on any atom is -0.487 e. The van der Waals surface area contributed by atoms with Gasteiger partial charge in [-0.25, -0.2) is 0 Å². The second-order valence-corrected chi connectivity index (χ2v) is 4.88. The number of halogens is 1. The van der Waals surface area contributed by atoms with E-state index >= 15 is 0 Å². The smallest absolute Gasteiger partial charge is 0.130 e. The maximum absolute atomic E-state index is 5.91. The monoisotopic (exact) mass is 261 g/mol. The zero-order valence-corrected chi connectivity index (χ0v) is 11.3. The van der Waals surface area contributed by atoms with E-state index in [-0.39, 0.29) is 0 Å². The molecule has 0 fully saturated rings. The maximum Gasteiger partial charge on any atom is 0.130 e. The third kappa shape index (κ3) is 3.23. The molecule has 94 valence electrons. The molecule has 18 heavy (non-hydrogen) atoms. The molecule has 2 rings (SSSR count). The summed E-state index contributed by atoms with van der Waals surface area (Å²) in [6.45, 7) is 4.74. The normalized spacial score (nSPS) is 10.7. The van der Waals surface area contributed by atoms with Crippen molar-refractivity contribution in [3.8, 4) is 5.75 Å². The third-order valence-electron chi connectivity index (χ3n) is 2.70. The van der Waals surface area contributed by atoms with Crippen LogP contribution in [0.5, 0.6) is 5.75 Å². The Labute approximate surface area is 113 Å². The van der Waals surface area contributed by atoms with Crippen LogP contribution in [0.4, 0.5) is 0 Å². The summed E-state index contributed by atoms with van der Waals surface area (Å²) in [4.78, 5) is 4.22. The van der Waals surface area contributed by atoms with E-state index in [1.54, 1.807) is 12.3 Å². The number of hydrogen-bond donors (Lipinski definition) is 0. The zero-order valence-electron chi connectivity index (χ0n) is 10.6. The van der Waals surface area contributed by atoms with Gasteiger partial charge in [0.15, 0.2) is 0 Å². The average molecular weight is 262 g/mol. The van der Waals surface area contributed by atoms with Gasteiger partial charge in [0.2, 0.25) is 0 Å². The number of para-hydroxylation sites is 1. The van der Waals surface area contributed by atoms with Gasteiger partial charge in [0.1, 0.15) is 12.4 Å². The Balaban J connectivity index is 2.11. The summed E-state index contributed by atoms with van der Waals surface area (Å²) in [7, 11) is 0. The molecule has 2 aromatic rings. The fraction of sp³-hybridized carbons (Fsp3) is 0.267. The lowest BCUT2D eigenvalue weighted by atomic mass is 10.0. The molecular formula is C15H16ClNO. The molecule has 0 saturated carbocycles. The van der Waals surface area contributed by atoms with Gasteiger partial charge in [-0.15, -0.1) is 0 Å². The Kier molecular flexibility index (Phi) is 4.21. The summed E-state index contributed by atoms with van der Waals surface area (Å²) in [5.41, 5.74) is 2.04. The first-order valence-electron chi connectivity index (χ1n) is 5.99. The quantitative estimate of drug-likeness (QED) is 0.812. The summed E-state index contributed by atoms with van der Waals surface area (Å²) in [5.74, 6) is 1.35. The SMILES string of the molecule is CC(C)c1ccccc1OCc1cc(Cl)ccn1. The van der Waals surface area contributed by atoms with Gasteiger partial charge < -0.3 is 4.74 Å². The van der Waals surface area contributed by atoms with Crippen molar-refractivity contribution in [2.24, 2.45) is 0 Å². The zero-order chi connectivity index (χ0) is 13.0. The lowest BCUT2D eigenvalue weighted by Crippen LogP contribution is -2.01. The Morgan fingerprint density at radius 3 is 2.72 bits per heavy atom. The second kappa shape index (κ2) is 5.87. The minimum absolute atomic E-state index is 0.435. The van der Waals surface area contributed by atoms with Crippen LogP contribution >= 0.6 is 11.6 Å². The fourth-order valence-electron chi connectivity index (χ4n) is 1.77. The highest BCUT2D eigenvalue weighted by Gasteiger charge is 2.07. The molecule has 0 unspecified atom stereocenters. The van der Waals surface area contributed by atoms with E-state index in [9.17, 15) is 0 Å². The van der Waals surface area contributed by atoms with Crippen LogP contribution in [0, 0.1) is 0 Å². The minimum atomic E-state index is 0.435. The number of benzene rings is 1. The van der Waals surface area contributed by atoms with E-state index in [0.29, 0.717) is 17.5 Å². The van der Waals surface area contributed by atoms with Crippen molar-refractivity contribution in [1.82, 2.24) is 4.98 Å². The van der Waals surface area contributed by atoms with Gasteiger partial charge in [0, 0.05) is 11.2 Å². The maximum atomic E-state index is 5.91. The molecule has 0 atom stereocenters. The van der Waals surface area contributed by atoms with Gasteiger partial charge in [-0.1, -0.05) is 43.6 Å². The number of ether oxygens (including phenoxy) is 1. The van der Waals surface area contributed by atoms with Crippen LogP contribution in [0.3, 0.4) is 0 Å². The molecule has 0 saturated heterocycles. The number of rotatable bonds is 4. The molecule has 0 aliphatic rings. The van der Waals surface area contributed by atoms with E-state index in [1.807, 2.05) is 24.3 Å². The highest BCUT2D eigenvalue weighted by molar-refractivity contribution is 6.30. The van der Waals surface area contributed by atoms with Crippen LogP contribution in [0.1, 0.15) is 31.0 Å². The molecule has 0 aliphatic carbocycles. The summed E-state index contributed by atoms with van der Waals surface area (Å²) in [6.07, 6.45) is 1.69. The van der Waals surface area contributed by atoms with E-state index in [2.05, 4.69) is 24.9 Å². The lowest BCUT2D eigenvalue weighted by Gasteiger charge is -2.13. The Morgan fingerprint density at radius 2 is 2.00 bits per heavy atom. The molecule has 0 aliphatic heterocycles. The van der Waals surface area contributed by atoms with Gasteiger partial charge in [0.05, 0.1) is 5.69 Å². The highest BCUT2D eigenvalue weighted by Crippen LogP contribution is 2.26. The van der Waals surface area contributed by atoms with Gasteiger partial charge in [-0.2, -0.15) is 0 Å². The lowest BCUT2D eigenvalue weighted by molar-refractivity contribution is 0.297. The van der Waals surface area contributed by atoms with E-state index < -0.39 is 0 Å². The Bertz CT molecular complexity index is 525. The molecule has 1 aromatic heterocycles. The topological polar surface area (TPSA) is 22.1 Å². The van der Waals surface area contributed by atoms with Gasteiger partial charge in [0.25, 0.3) is 0 Å². The summed E-state index contributed by atoms with van der Waals surface area (Å²) < 4.78 is 5.82. The van der Waals surface area contributed by atoms with E-state index in [1.165, 1.54) is 5.56 Å². The molecule has 1 heterocycles. The average Bonchev–Trinajstić information content (AvgIpc) is 2.37. The predicted molar refractivity (Wildman–Crippen MR) is 74.1 cm³/mol. The van der Waals surface area contributed by atoms with Crippen molar-refractivity contribution in [3.05, 3.63) is 58.9 Å². The first kappa shape index (κ1) is 12.9. The van der Waals surface area contributed by atoms with Crippen molar-refractivity contribution >= 4 is 11.6 Å². The van der Waals surface area contributed by atoms with Crippen LogP contribution < -0.4 is 4.74 Å². The summed E-state index contributed by atoms with van der Waals surface area (Å²) >= 11 is 5.91. The van der Waals surface area contributed by atoms with Crippen LogP contribution in [-0.2, 0) is 6.61 Å². The van der Waals surface area contributed by atoms with Gasteiger partial charge in [-0.3, -0.25) is 4.98 Å². The molecule has 0 bridgehead atoms. The van der Waals surface area contributed by atoms with E-state index in [4.69, 9.17) is 16.3 Å². The molecule has 0 radical (unpaired) electrons. The molecule has 0 N–H and O–H groups in total. The van der Waals surface area contributed by atoms with Gasteiger partial charge >= 0.3 is 0 Å². The second-order valence-electron chi connectivity index (χ2n) is 4.45.